The summed E-state index contributed by atoms with van der Waals surface area (Å²) in [5.74, 6) is 0.492. The SMILES string of the molecule is CC12CCC(OC(=O)N3CCCNCC3)CC1(O)CCC1C2CCC2(C)C(c3ccc(=O)oc3)CCC12O. The van der Waals surface area contributed by atoms with Crippen molar-refractivity contribution in [1.82, 2.24) is 10.2 Å². The lowest BCUT2D eigenvalue weighted by Gasteiger charge is -2.66. The molecular weight excluding hydrogens is 484 g/mol. The van der Waals surface area contributed by atoms with Crippen LogP contribution in [0.2, 0.25) is 0 Å². The Morgan fingerprint density at radius 1 is 1.00 bits per heavy atom. The van der Waals surface area contributed by atoms with Gasteiger partial charge in [0, 0.05) is 37.5 Å². The summed E-state index contributed by atoms with van der Waals surface area (Å²) < 4.78 is 11.2. The highest BCUT2D eigenvalue weighted by molar-refractivity contribution is 5.67. The van der Waals surface area contributed by atoms with E-state index in [2.05, 4.69) is 19.2 Å². The molecule has 0 aromatic carbocycles. The van der Waals surface area contributed by atoms with Gasteiger partial charge in [-0.2, -0.15) is 0 Å². The van der Waals surface area contributed by atoms with Gasteiger partial charge in [0.1, 0.15) is 6.10 Å². The van der Waals surface area contributed by atoms with E-state index in [0.717, 1.165) is 70.0 Å². The molecule has 1 aromatic heterocycles. The normalized spacial score (nSPS) is 44.9. The van der Waals surface area contributed by atoms with Crippen LogP contribution in [0.15, 0.2) is 27.6 Å². The Morgan fingerprint density at radius 2 is 1.79 bits per heavy atom. The molecule has 210 valence electrons. The number of rotatable bonds is 2. The minimum absolute atomic E-state index is 0.121. The van der Waals surface area contributed by atoms with E-state index in [1.54, 1.807) is 11.2 Å². The standard InChI is InChI=1S/C30H44N2O6/c1-27-10-6-21(38-26(34)32-16-3-14-31-15-17-32)18-29(27,35)12-8-24-23(27)7-11-28(2)22(9-13-30(24,28)36)20-4-5-25(33)37-19-20/h4-5,19,21-24,31,35-36H,3,6-18H2,1-2H3. The first-order valence-corrected chi connectivity index (χ1v) is 14.8. The molecular formula is C30H44N2O6. The zero-order valence-electron chi connectivity index (χ0n) is 22.9. The largest absolute Gasteiger partial charge is 0.446 e. The maximum absolute atomic E-state index is 12.9. The van der Waals surface area contributed by atoms with Crippen molar-refractivity contribution in [2.45, 2.75) is 101 Å². The number of nitrogens with zero attached hydrogens (tertiary/aromatic N) is 1. The third kappa shape index (κ3) is 3.88. The summed E-state index contributed by atoms with van der Waals surface area (Å²) >= 11 is 0. The van der Waals surface area contributed by atoms with Crippen LogP contribution in [-0.4, -0.2) is 64.7 Å². The molecule has 38 heavy (non-hydrogen) atoms. The van der Waals surface area contributed by atoms with E-state index in [1.165, 1.54) is 6.07 Å². The zero-order chi connectivity index (χ0) is 26.8. The van der Waals surface area contributed by atoms with Gasteiger partial charge in [-0.15, -0.1) is 0 Å². The summed E-state index contributed by atoms with van der Waals surface area (Å²) in [7, 11) is 0. The van der Waals surface area contributed by atoms with Crippen molar-refractivity contribution in [3.8, 4) is 0 Å². The van der Waals surface area contributed by atoms with Gasteiger partial charge in [0.05, 0.1) is 17.5 Å². The van der Waals surface area contributed by atoms with E-state index >= 15 is 0 Å². The zero-order valence-corrected chi connectivity index (χ0v) is 22.9. The molecule has 4 aliphatic carbocycles. The Bertz CT molecular complexity index is 1100. The lowest BCUT2D eigenvalue weighted by molar-refractivity contribution is -0.253. The van der Waals surface area contributed by atoms with Gasteiger partial charge in [0.25, 0.3) is 0 Å². The smallest absolute Gasteiger partial charge is 0.410 e. The highest BCUT2D eigenvalue weighted by atomic mass is 16.6. The van der Waals surface area contributed by atoms with Gasteiger partial charge in [0.15, 0.2) is 0 Å². The molecule has 8 nitrogen and oxygen atoms in total. The summed E-state index contributed by atoms with van der Waals surface area (Å²) in [6.45, 7) is 7.52. The molecule has 0 spiro atoms. The van der Waals surface area contributed by atoms with E-state index in [9.17, 15) is 19.8 Å². The molecule has 4 saturated carbocycles. The van der Waals surface area contributed by atoms with E-state index in [-0.39, 0.29) is 46.4 Å². The lowest BCUT2D eigenvalue weighted by Crippen LogP contribution is -2.67. The molecule has 6 rings (SSSR count). The Kier molecular flexibility index (Phi) is 6.47. The van der Waals surface area contributed by atoms with Gasteiger partial charge < -0.3 is 29.6 Å². The summed E-state index contributed by atoms with van der Waals surface area (Å²) in [4.78, 5) is 26.2. The number of fused-ring (bicyclic) bond motifs is 5. The van der Waals surface area contributed by atoms with E-state index < -0.39 is 11.2 Å². The monoisotopic (exact) mass is 528 g/mol. The number of hydrogen-bond donors (Lipinski definition) is 3. The topological polar surface area (TPSA) is 112 Å². The molecule has 8 unspecified atom stereocenters. The maximum atomic E-state index is 12.9. The quantitative estimate of drug-likeness (QED) is 0.535. The van der Waals surface area contributed by atoms with Crippen LogP contribution in [0.3, 0.4) is 0 Å². The van der Waals surface area contributed by atoms with Crippen LogP contribution in [0.5, 0.6) is 0 Å². The van der Waals surface area contributed by atoms with Crippen molar-refractivity contribution < 1.29 is 24.2 Å². The molecule has 1 aromatic rings. The molecule has 2 heterocycles. The van der Waals surface area contributed by atoms with Crippen LogP contribution < -0.4 is 10.9 Å². The van der Waals surface area contributed by atoms with Gasteiger partial charge >= 0.3 is 11.7 Å². The summed E-state index contributed by atoms with van der Waals surface area (Å²) in [6, 6.07) is 3.35. The number of ether oxygens (including phenoxy) is 1. The molecule has 0 bridgehead atoms. The van der Waals surface area contributed by atoms with Crippen molar-refractivity contribution in [1.29, 1.82) is 0 Å². The second-order valence-electron chi connectivity index (χ2n) is 13.4. The third-order valence-electron chi connectivity index (χ3n) is 11.9. The number of carbonyl (C=O) groups excluding carboxylic acids is 1. The first kappa shape index (κ1) is 26.3. The van der Waals surface area contributed by atoms with Gasteiger partial charge in [-0.05, 0) is 99.1 Å². The predicted octanol–water partition coefficient (Wildman–Crippen LogP) is 3.80. The van der Waals surface area contributed by atoms with Crippen LogP contribution in [0.25, 0.3) is 0 Å². The lowest BCUT2D eigenvalue weighted by atomic mass is 9.42. The summed E-state index contributed by atoms with van der Waals surface area (Å²) in [6.07, 6.45) is 8.84. The van der Waals surface area contributed by atoms with Gasteiger partial charge in [-0.1, -0.05) is 13.8 Å². The van der Waals surface area contributed by atoms with Gasteiger partial charge in [-0.3, -0.25) is 0 Å². The first-order chi connectivity index (χ1) is 18.1. The van der Waals surface area contributed by atoms with E-state index in [4.69, 9.17) is 9.15 Å². The van der Waals surface area contributed by atoms with Gasteiger partial charge in [-0.25, -0.2) is 9.59 Å². The molecule has 1 amide bonds. The number of carbonyl (C=O) groups is 1. The Hall–Kier alpha value is -1.90. The predicted molar refractivity (Wildman–Crippen MR) is 142 cm³/mol. The molecule has 0 radical (unpaired) electrons. The van der Waals surface area contributed by atoms with E-state index in [0.29, 0.717) is 25.9 Å². The van der Waals surface area contributed by atoms with Crippen molar-refractivity contribution >= 4 is 6.09 Å². The Labute approximate surface area is 225 Å². The Morgan fingerprint density at radius 3 is 2.58 bits per heavy atom. The number of aliphatic hydroxyl groups is 2. The van der Waals surface area contributed by atoms with Crippen LogP contribution in [0.4, 0.5) is 4.79 Å². The number of nitrogens with one attached hydrogen (secondary N) is 1. The average Bonchev–Trinajstić information content (AvgIpc) is 3.04. The summed E-state index contributed by atoms with van der Waals surface area (Å²) in [5.41, 5.74) is -1.68. The maximum Gasteiger partial charge on any atom is 0.410 e. The van der Waals surface area contributed by atoms with Crippen LogP contribution in [-0.2, 0) is 4.74 Å². The second-order valence-corrected chi connectivity index (χ2v) is 13.4. The third-order valence-corrected chi connectivity index (χ3v) is 11.9. The minimum atomic E-state index is -0.900. The highest BCUT2D eigenvalue weighted by Gasteiger charge is 2.70. The molecule has 8 atom stereocenters. The minimum Gasteiger partial charge on any atom is -0.446 e. The number of amides is 1. The average molecular weight is 529 g/mol. The van der Waals surface area contributed by atoms with Crippen molar-refractivity contribution in [2.24, 2.45) is 22.7 Å². The van der Waals surface area contributed by atoms with Crippen molar-refractivity contribution in [3.05, 3.63) is 34.4 Å². The highest BCUT2D eigenvalue weighted by Crippen LogP contribution is 2.71. The molecule has 1 aliphatic heterocycles. The molecule has 5 aliphatic rings. The fourth-order valence-corrected chi connectivity index (χ4v) is 9.63. The van der Waals surface area contributed by atoms with Crippen molar-refractivity contribution in [2.75, 3.05) is 26.2 Å². The van der Waals surface area contributed by atoms with Crippen molar-refractivity contribution in [3.63, 3.8) is 0 Å². The second kappa shape index (κ2) is 9.34. The molecule has 3 N–H and O–H groups in total. The molecule has 5 fully saturated rings. The van der Waals surface area contributed by atoms with E-state index in [1.807, 2.05) is 6.07 Å². The first-order valence-electron chi connectivity index (χ1n) is 14.8. The number of hydrogen-bond acceptors (Lipinski definition) is 7. The fraction of sp³-hybridized carbons (Fsp3) is 0.800. The van der Waals surface area contributed by atoms with Crippen LogP contribution in [0, 0.1) is 22.7 Å². The molecule has 8 heteroatoms. The Balaban J connectivity index is 1.19. The fourth-order valence-electron chi connectivity index (χ4n) is 9.63. The van der Waals surface area contributed by atoms with Crippen LogP contribution >= 0.6 is 0 Å². The van der Waals surface area contributed by atoms with Gasteiger partial charge in [0.2, 0.25) is 0 Å². The summed E-state index contributed by atoms with van der Waals surface area (Å²) in [5, 5.41) is 27.9. The van der Waals surface area contributed by atoms with Crippen LogP contribution in [0.1, 0.15) is 89.5 Å². The molecule has 1 saturated heterocycles.